The standard InChI is InChI=1S/C15H20O/c1-11-9-12(2)15(13(3)10-11)8-6-5-7-14(4)16/h6,8-10H,5,7H2,1-4H3/b8-6+. The Labute approximate surface area is 98.2 Å². The average molecular weight is 216 g/mol. The first kappa shape index (κ1) is 12.7. The van der Waals surface area contributed by atoms with Gasteiger partial charge in [-0.25, -0.2) is 0 Å². The summed E-state index contributed by atoms with van der Waals surface area (Å²) >= 11 is 0. The molecule has 1 nitrogen and oxygen atoms in total. The van der Waals surface area contributed by atoms with Gasteiger partial charge in [0.15, 0.2) is 0 Å². The van der Waals surface area contributed by atoms with Gasteiger partial charge in [-0.15, -0.1) is 0 Å². The minimum absolute atomic E-state index is 0.252. The van der Waals surface area contributed by atoms with Gasteiger partial charge in [0, 0.05) is 6.42 Å². The van der Waals surface area contributed by atoms with E-state index in [1.54, 1.807) is 6.92 Å². The predicted octanol–water partition coefficient (Wildman–Crippen LogP) is 3.99. The van der Waals surface area contributed by atoms with Crippen LogP contribution in [0.3, 0.4) is 0 Å². The lowest BCUT2D eigenvalue weighted by molar-refractivity contribution is -0.116. The van der Waals surface area contributed by atoms with Gasteiger partial charge in [-0.2, -0.15) is 0 Å². The number of rotatable bonds is 4. The maximum atomic E-state index is 10.8. The molecule has 0 bridgehead atoms. The molecule has 0 fully saturated rings. The van der Waals surface area contributed by atoms with Gasteiger partial charge in [-0.3, -0.25) is 0 Å². The number of hydrogen-bond acceptors (Lipinski definition) is 1. The van der Waals surface area contributed by atoms with Crippen molar-refractivity contribution >= 4 is 11.9 Å². The van der Waals surface area contributed by atoms with Crippen LogP contribution in [0.15, 0.2) is 18.2 Å². The smallest absolute Gasteiger partial charge is 0.130 e. The highest BCUT2D eigenvalue weighted by Crippen LogP contribution is 2.18. The van der Waals surface area contributed by atoms with Crippen LogP contribution in [0.2, 0.25) is 0 Å². The van der Waals surface area contributed by atoms with E-state index in [1.807, 2.05) is 0 Å². The van der Waals surface area contributed by atoms with E-state index in [0.717, 1.165) is 6.42 Å². The molecule has 0 aliphatic carbocycles. The zero-order valence-corrected chi connectivity index (χ0v) is 10.6. The van der Waals surface area contributed by atoms with E-state index in [9.17, 15) is 4.79 Å². The fourth-order valence-electron chi connectivity index (χ4n) is 1.94. The van der Waals surface area contributed by atoms with Crippen molar-refractivity contribution in [3.63, 3.8) is 0 Å². The zero-order valence-electron chi connectivity index (χ0n) is 10.6. The highest BCUT2D eigenvalue weighted by Gasteiger charge is 1.99. The van der Waals surface area contributed by atoms with Crippen LogP contribution in [0.5, 0.6) is 0 Å². The minimum atomic E-state index is 0.252. The summed E-state index contributed by atoms with van der Waals surface area (Å²) in [6, 6.07) is 4.38. The van der Waals surface area contributed by atoms with Crippen molar-refractivity contribution in [2.45, 2.75) is 40.5 Å². The van der Waals surface area contributed by atoms with Crippen LogP contribution >= 0.6 is 0 Å². The van der Waals surface area contributed by atoms with Crippen molar-refractivity contribution in [2.75, 3.05) is 0 Å². The normalized spacial score (nSPS) is 11.0. The SMILES string of the molecule is CC(=O)CC/C=C/c1c(C)cc(C)cc1C. The van der Waals surface area contributed by atoms with Crippen LogP contribution in [0.4, 0.5) is 0 Å². The van der Waals surface area contributed by atoms with Crippen LogP contribution in [0.25, 0.3) is 6.08 Å². The number of Topliss-reactive ketones (excluding diaryl/α,β-unsaturated/α-hetero) is 1. The second-order valence-electron chi connectivity index (χ2n) is 4.46. The van der Waals surface area contributed by atoms with Crippen LogP contribution in [-0.4, -0.2) is 5.78 Å². The quantitative estimate of drug-likeness (QED) is 0.743. The molecule has 0 N–H and O–H groups in total. The molecule has 0 unspecified atom stereocenters. The fourth-order valence-corrected chi connectivity index (χ4v) is 1.94. The van der Waals surface area contributed by atoms with Crippen LogP contribution in [0.1, 0.15) is 42.0 Å². The topological polar surface area (TPSA) is 17.1 Å². The van der Waals surface area contributed by atoms with Crippen molar-refractivity contribution in [1.82, 2.24) is 0 Å². The fraction of sp³-hybridized carbons (Fsp3) is 0.400. The summed E-state index contributed by atoms with van der Waals surface area (Å²) < 4.78 is 0. The molecule has 0 heterocycles. The third kappa shape index (κ3) is 3.65. The molecular formula is C15H20O. The highest BCUT2D eigenvalue weighted by molar-refractivity contribution is 5.75. The summed E-state index contributed by atoms with van der Waals surface area (Å²) in [5, 5.41) is 0. The summed E-state index contributed by atoms with van der Waals surface area (Å²) in [6.45, 7) is 8.01. The number of ketones is 1. The van der Waals surface area contributed by atoms with Crippen molar-refractivity contribution < 1.29 is 4.79 Å². The minimum Gasteiger partial charge on any atom is -0.300 e. The van der Waals surface area contributed by atoms with Crippen LogP contribution < -0.4 is 0 Å². The summed E-state index contributed by atoms with van der Waals surface area (Å²) in [5.74, 6) is 0.252. The highest BCUT2D eigenvalue weighted by atomic mass is 16.1. The molecule has 1 aromatic carbocycles. The Kier molecular flexibility index (Phi) is 4.48. The Balaban J connectivity index is 2.77. The molecule has 0 spiro atoms. The number of aryl methyl sites for hydroxylation is 3. The molecule has 1 rings (SSSR count). The number of carbonyl (C=O) groups is 1. The Morgan fingerprint density at radius 3 is 2.25 bits per heavy atom. The maximum absolute atomic E-state index is 10.8. The second-order valence-corrected chi connectivity index (χ2v) is 4.46. The summed E-state index contributed by atoms with van der Waals surface area (Å²) in [6.07, 6.45) is 5.70. The molecule has 1 aromatic rings. The summed E-state index contributed by atoms with van der Waals surface area (Å²) in [5.41, 5.74) is 5.19. The molecule has 16 heavy (non-hydrogen) atoms. The van der Waals surface area contributed by atoms with Gasteiger partial charge in [-0.1, -0.05) is 29.8 Å². The molecule has 0 atom stereocenters. The molecule has 0 radical (unpaired) electrons. The Bertz CT molecular complexity index is 390. The van der Waals surface area contributed by atoms with Gasteiger partial charge in [-0.05, 0) is 50.8 Å². The summed E-state index contributed by atoms with van der Waals surface area (Å²) in [4.78, 5) is 10.8. The van der Waals surface area contributed by atoms with Crippen LogP contribution in [-0.2, 0) is 4.79 Å². The zero-order chi connectivity index (χ0) is 12.1. The lowest BCUT2D eigenvalue weighted by Gasteiger charge is -2.06. The molecule has 0 saturated carbocycles. The second kappa shape index (κ2) is 5.64. The molecule has 0 aliphatic rings. The van der Waals surface area contributed by atoms with Gasteiger partial charge >= 0.3 is 0 Å². The number of benzene rings is 1. The molecule has 86 valence electrons. The van der Waals surface area contributed by atoms with Crippen molar-refractivity contribution in [3.05, 3.63) is 40.5 Å². The van der Waals surface area contributed by atoms with Crippen molar-refractivity contribution in [2.24, 2.45) is 0 Å². The molecule has 1 heteroatoms. The molecule has 0 aromatic heterocycles. The van der Waals surface area contributed by atoms with Gasteiger partial charge < -0.3 is 4.79 Å². The molecule has 0 saturated heterocycles. The number of hydrogen-bond donors (Lipinski definition) is 0. The van der Waals surface area contributed by atoms with E-state index in [1.165, 1.54) is 22.3 Å². The largest absolute Gasteiger partial charge is 0.300 e. The van der Waals surface area contributed by atoms with Gasteiger partial charge in [0.05, 0.1) is 0 Å². The number of carbonyl (C=O) groups excluding carboxylic acids is 1. The van der Waals surface area contributed by atoms with E-state index in [0.29, 0.717) is 6.42 Å². The monoisotopic (exact) mass is 216 g/mol. The lowest BCUT2D eigenvalue weighted by atomic mass is 9.99. The Morgan fingerprint density at radius 2 is 1.75 bits per heavy atom. The molecule has 0 amide bonds. The van der Waals surface area contributed by atoms with E-state index < -0.39 is 0 Å². The first-order valence-corrected chi connectivity index (χ1v) is 5.74. The first-order chi connectivity index (χ1) is 7.50. The maximum Gasteiger partial charge on any atom is 0.130 e. The van der Waals surface area contributed by atoms with Gasteiger partial charge in [0.25, 0.3) is 0 Å². The van der Waals surface area contributed by atoms with E-state index in [4.69, 9.17) is 0 Å². The third-order valence-corrected chi connectivity index (χ3v) is 2.69. The van der Waals surface area contributed by atoms with E-state index in [-0.39, 0.29) is 5.78 Å². The van der Waals surface area contributed by atoms with Gasteiger partial charge in [0.1, 0.15) is 5.78 Å². The Hall–Kier alpha value is -1.37. The lowest BCUT2D eigenvalue weighted by Crippen LogP contribution is -1.89. The van der Waals surface area contributed by atoms with E-state index >= 15 is 0 Å². The third-order valence-electron chi connectivity index (χ3n) is 2.69. The average Bonchev–Trinajstić information content (AvgIpc) is 2.14. The molecular weight excluding hydrogens is 196 g/mol. The van der Waals surface area contributed by atoms with Crippen LogP contribution in [0, 0.1) is 20.8 Å². The number of allylic oxidation sites excluding steroid dienone is 1. The van der Waals surface area contributed by atoms with Crippen molar-refractivity contribution in [1.29, 1.82) is 0 Å². The first-order valence-electron chi connectivity index (χ1n) is 5.74. The Morgan fingerprint density at radius 1 is 1.19 bits per heavy atom. The predicted molar refractivity (Wildman–Crippen MR) is 69.6 cm³/mol. The van der Waals surface area contributed by atoms with E-state index in [2.05, 4.69) is 45.1 Å². The summed E-state index contributed by atoms with van der Waals surface area (Å²) in [7, 11) is 0. The van der Waals surface area contributed by atoms with Crippen molar-refractivity contribution in [3.8, 4) is 0 Å². The molecule has 0 aliphatic heterocycles. The van der Waals surface area contributed by atoms with Gasteiger partial charge in [0.2, 0.25) is 0 Å².